The molecule has 1 aromatic carbocycles. The zero-order chi connectivity index (χ0) is 16.2. The quantitative estimate of drug-likeness (QED) is 0.817. The van der Waals surface area contributed by atoms with E-state index in [1.807, 2.05) is 25.2 Å². The van der Waals surface area contributed by atoms with Gasteiger partial charge in [0.1, 0.15) is 0 Å². The van der Waals surface area contributed by atoms with Crippen LogP contribution in [0.25, 0.3) is 10.2 Å². The normalized spacial score (nSPS) is 22.3. The van der Waals surface area contributed by atoms with Crippen molar-refractivity contribution >= 4 is 27.5 Å². The summed E-state index contributed by atoms with van der Waals surface area (Å²) >= 11 is 1.71. The molecule has 23 heavy (non-hydrogen) atoms. The van der Waals surface area contributed by atoms with E-state index in [2.05, 4.69) is 21.3 Å². The number of rotatable bonds is 5. The van der Waals surface area contributed by atoms with Crippen LogP contribution in [0.2, 0.25) is 0 Å². The van der Waals surface area contributed by atoms with E-state index in [4.69, 9.17) is 0 Å². The van der Waals surface area contributed by atoms with Crippen LogP contribution in [-0.2, 0) is 11.2 Å². The number of thiazole rings is 1. The lowest BCUT2D eigenvalue weighted by Gasteiger charge is -2.32. The average Bonchev–Trinajstić information content (AvgIpc) is 2.96. The summed E-state index contributed by atoms with van der Waals surface area (Å²) in [4.78, 5) is 18.9. The summed E-state index contributed by atoms with van der Waals surface area (Å²) in [7, 11) is 1.99. The van der Waals surface area contributed by atoms with Crippen molar-refractivity contribution in [2.45, 2.75) is 25.4 Å². The number of carbonyl (C=O) groups excluding carboxylic acids is 1. The van der Waals surface area contributed by atoms with E-state index < -0.39 is 6.10 Å². The van der Waals surface area contributed by atoms with Gasteiger partial charge in [0, 0.05) is 26.1 Å². The summed E-state index contributed by atoms with van der Waals surface area (Å²) in [6.45, 7) is 2.11. The number of aryl methyl sites for hydroxylation is 1. The fraction of sp³-hybridized carbons (Fsp3) is 0.529. The third-order valence-electron chi connectivity index (χ3n) is 4.32. The van der Waals surface area contributed by atoms with Crippen molar-refractivity contribution in [3.8, 4) is 0 Å². The third-order valence-corrected chi connectivity index (χ3v) is 5.42. The zero-order valence-corrected chi connectivity index (χ0v) is 14.2. The van der Waals surface area contributed by atoms with E-state index in [0.29, 0.717) is 19.5 Å². The Morgan fingerprint density at radius 3 is 3.13 bits per heavy atom. The maximum Gasteiger partial charge on any atom is 0.227 e. The first-order valence-corrected chi connectivity index (χ1v) is 8.94. The molecule has 0 unspecified atom stereocenters. The van der Waals surface area contributed by atoms with Crippen LogP contribution in [0, 0.1) is 5.92 Å². The lowest BCUT2D eigenvalue weighted by molar-refractivity contribution is -0.131. The number of likely N-dealkylation sites (tertiary alicyclic amines) is 1. The van der Waals surface area contributed by atoms with Gasteiger partial charge in [-0.3, -0.25) is 4.79 Å². The van der Waals surface area contributed by atoms with Crippen molar-refractivity contribution in [1.29, 1.82) is 0 Å². The number of fused-ring (bicyclic) bond motifs is 1. The summed E-state index contributed by atoms with van der Waals surface area (Å²) in [5.74, 6) is -0.343. The fourth-order valence-electron chi connectivity index (χ4n) is 2.97. The highest BCUT2D eigenvalue weighted by Gasteiger charge is 2.31. The molecule has 1 amide bonds. The predicted octanol–water partition coefficient (Wildman–Crippen LogP) is 1.66. The summed E-state index contributed by atoms with van der Waals surface area (Å²) in [5, 5.41) is 14.0. The van der Waals surface area contributed by atoms with Gasteiger partial charge >= 0.3 is 0 Å². The molecule has 5 nitrogen and oxygen atoms in total. The van der Waals surface area contributed by atoms with Crippen molar-refractivity contribution in [1.82, 2.24) is 15.2 Å². The Kier molecular flexibility index (Phi) is 5.25. The number of aliphatic hydroxyl groups is 1. The smallest absolute Gasteiger partial charge is 0.227 e. The summed E-state index contributed by atoms with van der Waals surface area (Å²) in [6.07, 6.45) is 1.88. The van der Waals surface area contributed by atoms with E-state index in [9.17, 15) is 9.90 Å². The van der Waals surface area contributed by atoms with E-state index in [1.165, 1.54) is 4.70 Å². The number of benzene rings is 1. The molecular formula is C17H23N3O2S. The molecule has 0 saturated carbocycles. The lowest BCUT2D eigenvalue weighted by atomic mass is 9.94. The number of amides is 1. The largest absolute Gasteiger partial charge is 0.392 e. The summed E-state index contributed by atoms with van der Waals surface area (Å²) in [5.41, 5.74) is 1.05. The van der Waals surface area contributed by atoms with E-state index in [-0.39, 0.29) is 11.8 Å². The molecule has 2 atom stereocenters. The van der Waals surface area contributed by atoms with Gasteiger partial charge in [0.25, 0.3) is 0 Å². The van der Waals surface area contributed by atoms with E-state index in [0.717, 1.165) is 29.9 Å². The molecule has 1 aliphatic heterocycles. The molecule has 1 saturated heterocycles. The van der Waals surface area contributed by atoms with Gasteiger partial charge in [0.15, 0.2) is 0 Å². The molecule has 2 aromatic rings. The number of para-hydroxylation sites is 1. The van der Waals surface area contributed by atoms with Gasteiger partial charge in [-0.15, -0.1) is 11.3 Å². The Balaban J connectivity index is 1.44. The van der Waals surface area contributed by atoms with E-state index >= 15 is 0 Å². The van der Waals surface area contributed by atoms with Crippen LogP contribution in [0.3, 0.4) is 0 Å². The molecule has 2 N–H and O–H groups in total. The molecule has 124 valence electrons. The highest BCUT2D eigenvalue weighted by Crippen LogP contribution is 2.22. The third kappa shape index (κ3) is 4.07. The number of hydrogen-bond acceptors (Lipinski definition) is 5. The molecule has 1 aromatic heterocycles. The molecule has 1 aliphatic rings. The van der Waals surface area contributed by atoms with Crippen LogP contribution in [0.5, 0.6) is 0 Å². The molecule has 0 radical (unpaired) electrons. The minimum Gasteiger partial charge on any atom is -0.392 e. The minimum absolute atomic E-state index is 0.0339. The van der Waals surface area contributed by atoms with E-state index in [1.54, 1.807) is 11.3 Å². The number of nitrogens with zero attached hydrogens (tertiary/aromatic N) is 2. The number of carbonyl (C=O) groups is 1. The Hall–Kier alpha value is -1.50. The maximum absolute atomic E-state index is 12.2. The average molecular weight is 333 g/mol. The van der Waals surface area contributed by atoms with Crippen LogP contribution >= 0.6 is 11.3 Å². The lowest BCUT2D eigenvalue weighted by Crippen LogP contribution is -2.48. The number of aromatic nitrogens is 1. The molecule has 2 heterocycles. The molecule has 6 heteroatoms. The summed E-state index contributed by atoms with van der Waals surface area (Å²) in [6, 6.07) is 8.13. The minimum atomic E-state index is -0.518. The Morgan fingerprint density at radius 1 is 1.48 bits per heavy atom. The van der Waals surface area contributed by atoms with Crippen molar-refractivity contribution < 1.29 is 9.90 Å². The standard InChI is InChI=1S/C17H23N3O2S/c1-20-10-8-14(21)12(11-20)17(22)18-9-4-7-16-19-13-5-2-3-6-15(13)23-16/h2-3,5-6,12,14,21H,4,7-11H2,1H3,(H,18,22)/t12-,14+/m1/s1. The zero-order valence-electron chi connectivity index (χ0n) is 13.4. The Bertz CT molecular complexity index is 640. The fourth-order valence-corrected chi connectivity index (χ4v) is 3.98. The van der Waals surface area contributed by atoms with Crippen molar-refractivity contribution in [3.63, 3.8) is 0 Å². The Labute approximate surface area is 140 Å². The van der Waals surface area contributed by atoms with Gasteiger partial charge in [0.2, 0.25) is 5.91 Å². The number of piperidine rings is 1. The maximum atomic E-state index is 12.2. The highest BCUT2D eigenvalue weighted by molar-refractivity contribution is 7.18. The topological polar surface area (TPSA) is 65.5 Å². The van der Waals surface area contributed by atoms with Gasteiger partial charge in [-0.1, -0.05) is 12.1 Å². The molecule has 1 fully saturated rings. The second-order valence-electron chi connectivity index (χ2n) is 6.19. The van der Waals surface area contributed by atoms with Gasteiger partial charge in [0.05, 0.1) is 27.2 Å². The number of aliphatic hydroxyl groups excluding tert-OH is 1. The second-order valence-corrected chi connectivity index (χ2v) is 7.31. The molecule has 0 spiro atoms. The van der Waals surface area contributed by atoms with Gasteiger partial charge in [-0.25, -0.2) is 4.98 Å². The van der Waals surface area contributed by atoms with Gasteiger partial charge in [-0.05, 0) is 32.0 Å². The van der Waals surface area contributed by atoms with Crippen LogP contribution in [0.1, 0.15) is 17.8 Å². The second kappa shape index (κ2) is 7.38. The molecule has 0 bridgehead atoms. The predicted molar refractivity (Wildman–Crippen MR) is 92.6 cm³/mol. The number of hydrogen-bond donors (Lipinski definition) is 2. The molecule has 0 aliphatic carbocycles. The summed E-state index contributed by atoms with van der Waals surface area (Å²) < 4.78 is 1.21. The first kappa shape index (κ1) is 16.4. The van der Waals surface area contributed by atoms with Crippen LogP contribution in [0.4, 0.5) is 0 Å². The molecule has 3 rings (SSSR count). The van der Waals surface area contributed by atoms with Crippen LogP contribution < -0.4 is 5.32 Å². The first-order chi connectivity index (χ1) is 11.1. The van der Waals surface area contributed by atoms with Gasteiger partial charge < -0.3 is 15.3 Å². The van der Waals surface area contributed by atoms with Crippen molar-refractivity contribution in [3.05, 3.63) is 29.3 Å². The van der Waals surface area contributed by atoms with Crippen LogP contribution in [-0.4, -0.2) is 53.7 Å². The van der Waals surface area contributed by atoms with Crippen molar-refractivity contribution in [2.75, 3.05) is 26.7 Å². The molecular weight excluding hydrogens is 310 g/mol. The number of nitrogens with one attached hydrogen (secondary N) is 1. The Morgan fingerprint density at radius 2 is 2.30 bits per heavy atom. The SMILES string of the molecule is CN1CC[C@H](O)[C@H](C(=O)NCCCc2nc3ccccc3s2)C1. The highest BCUT2D eigenvalue weighted by atomic mass is 32.1. The first-order valence-electron chi connectivity index (χ1n) is 8.12. The monoisotopic (exact) mass is 333 g/mol. The van der Waals surface area contributed by atoms with Gasteiger partial charge in [-0.2, -0.15) is 0 Å². The van der Waals surface area contributed by atoms with Crippen LogP contribution in [0.15, 0.2) is 24.3 Å². The van der Waals surface area contributed by atoms with Crippen molar-refractivity contribution in [2.24, 2.45) is 5.92 Å².